The largest absolute Gasteiger partial charge is 0.478 e. The molecule has 1 aromatic carbocycles. The number of anilines is 1. The highest BCUT2D eigenvalue weighted by molar-refractivity contribution is 8.00. The number of nitriles is 1. The zero-order valence-electron chi connectivity index (χ0n) is 9.14. The Labute approximate surface area is 107 Å². The van der Waals surface area contributed by atoms with E-state index in [4.69, 9.17) is 10.4 Å². The molecule has 7 heteroatoms. The lowest BCUT2D eigenvalue weighted by molar-refractivity contribution is -0.113. The van der Waals surface area contributed by atoms with Gasteiger partial charge in [0.1, 0.15) is 5.82 Å². The van der Waals surface area contributed by atoms with Crippen LogP contribution >= 0.6 is 11.8 Å². The zero-order chi connectivity index (χ0) is 13.5. The first kappa shape index (κ1) is 14.0. The summed E-state index contributed by atoms with van der Waals surface area (Å²) in [6, 6.07) is 5.17. The summed E-state index contributed by atoms with van der Waals surface area (Å²) in [7, 11) is 0. The number of carbonyl (C=O) groups excluding carboxylic acids is 1. The number of hydrogen-bond donors (Lipinski definition) is 2. The maximum absolute atomic E-state index is 13.1. The lowest BCUT2D eigenvalue weighted by atomic mass is 10.2. The van der Waals surface area contributed by atoms with E-state index in [1.165, 1.54) is 6.07 Å². The number of carboxylic acids is 1. The van der Waals surface area contributed by atoms with Crippen LogP contribution in [-0.2, 0) is 4.79 Å². The Morgan fingerprint density at radius 1 is 1.50 bits per heavy atom. The van der Waals surface area contributed by atoms with E-state index in [0.29, 0.717) is 0 Å². The average Bonchev–Trinajstić information content (AvgIpc) is 2.31. The van der Waals surface area contributed by atoms with E-state index < -0.39 is 17.3 Å². The molecule has 0 radical (unpaired) electrons. The summed E-state index contributed by atoms with van der Waals surface area (Å²) in [6.07, 6.45) is 0. The Bertz CT molecular complexity index is 514. The van der Waals surface area contributed by atoms with E-state index in [1.54, 1.807) is 0 Å². The molecule has 1 aromatic rings. The van der Waals surface area contributed by atoms with Crippen molar-refractivity contribution in [3.8, 4) is 6.07 Å². The topological polar surface area (TPSA) is 90.2 Å². The quantitative estimate of drug-likeness (QED) is 0.793. The van der Waals surface area contributed by atoms with Crippen molar-refractivity contribution >= 4 is 29.3 Å². The Balaban J connectivity index is 2.68. The summed E-state index contributed by atoms with van der Waals surface area (Å²) >= 11 is 1.13. The first-order chi connectivity index (χ1) is 8.54. The van der Waals surface area contributed by atoms with E-state index >= 15 is 0 Å². The summed E-state index contributed by atoms with van der Waals surface area (Å²) in [6.45, 7) is 0. The predicted molar refractivity (Wildman–Crippen MR) is 64.9 cm³/mol. The Hall–Kier alpha value is -2.07. The van der Waals surface area contributed by atoms with Gasteiger partial charge < -0.3 is 10.4 Å². The fraction of sp³-hybridized carbons (Fsp3) is 0.182. The molecule has 0 bridgehead atoms. The zero-order valence-corrected chi connectivity index (χ0v) is 9.96. The number of carboxylic acid groups (broad SMARTS) is 1. The van der Waals surface area contributed by atoms with Crippen LogP contribution in [0.5, 0.6) is 0 Å². The van der Waals surface area contributed by atoms with Crippen molar-refractivity contribution in [2.45, 2.75) is 0 Å². The van der Waals surface area contributed by atoms with Crippen molar-refractivity contribution in [1.82, 2.24) is 0 Å². The number of hydrogen-bond acceptors (Lipinski definition) is 4. The molecule has 0 unspecified atom stereocenters. The van der Waals surface area contributed by atoms with Gasteiger partial charge in [0.15, 0.2) is 0 Å². The van der Waals surface area contributed by atoms with E-state index in [9.17, 15) is 14.0 Å². The molecule has 0 fully saturated rings. The molecular formula is C11H9FN2O3S. The first-order valence-corrected chi connectivity index (χ1v) is 5.97. The van der Waals surface area contributed by atoms with Crippen molar-refractivity contribution in [3.05, 3.63) is 29.6 Å². The summed E-state index contributed by atoms with van der Waals surface area (Å²) in [4.78, 5) is 22.0. The highest BCUT2D eigenvalue weighted by Gasteiger charge is 2.11. The summed E-state index contributed by atoms with van der Waals surface area (Å²) in [5, 5.41) is 19.4. The van der Waals surface area contributed by atoms with Crippen molar-refractivity contribution in [2.24, 2.45) is 0 Å². The Morgan fingerprint density at radius 3 is 2.83 bits per heavy atom. The standard InChI is InChI=1S/C11H9FN2O3S/c12-9-2-1-7(5-8(9)11(16)17)14-10(15)6-18-4-3-13/h1-2,5H,4,6H2,(H,14,15)(H,16,17). The van der Waals surface area contributed by atoms with Gasteiger partial charge in [-0.25, -0.2) is 9.18 Å². The molecule has 0 aliphatic heterocycles. The lowest BCUT2D eigenvalue weighted by Crippen LogP contribution is -2.15. The van der Waals surface area contributed by atoms with Gasteiger partial charge in [0.05, 0.1) is 23.1 Å². The molecule has 1 amide bonds. The Kier molecular flexibility index (Phi) is 5.14. The number of aromatic carboxylic acids is 1. The average molecular weight is 268 g/mol. The number of amides is 1. The maximum Gasteiger partial charge on any atom is 0.338 e. The number of halogens is 1. The van der Waals surface area contributed by atoms with E-state index in [0.717, 1.165) is 23.9 Å². The number of benzene rings is 1. The van der Waals surface area contributed by atoms with Crippen LogP contribution in [0, 0.1) is 17.1 Å². The highest BCUT2D eigenvalue weighted by atomic mass is 32.2. The molecule has 94 valence electrons. The van der Waals surface area contributed by atoms with Crippen LogP contribution in [0.1, 0.15) is 10.4 Å². The monoisotopic (exact) mass is 268 g/mol. The second-order valence-corrected chi connectivity index (χ2v) is 4.18. The Morgan fingerprint density at radius 2 is 2.22 bits per heavy atom. The minimum Gasteiger partial charge on any atom is -0.478 e. The molecule has 18 heavy (non-hydrogen) atoms. The number of rotatable bonds is 5. The maximum atomic E-state index is 13.1. The van der Waals surface area contributed by atoms with Gasteiger partial charge in [0, 0.05) is 5.69 Å². The third kappa shape index (κ3) is 4.07. The second kappa shape index (κ2) is 6.61. The van der Waals surface area contributed by atoms with Gasteiger partial charge in [-0.15, -0.1) is 11.8 Å². The first-order valence-electron chi connectivity index (χ1n) is 4.82. The molecule has 0 atom stereocenters. The number of carbonyl (C=O) groups is 2. The summed E-state index contributed by atoms with van der Waals surface area (Å²) in [5.41, 5.74) is -0.297. The molecule has 0 aliphatic carbocycles. The van der Waals surface area contributed by atoms with Gasteiger partial charge in [-0.05, 0) is 18.2 Å². The highest BCUT2D eigenvalue weighted by Crippen LogP contribution is 2.15. The van der Waals surface area contributed by atoms with Crippen molar-refractivity contribution in [3.63, 3.8) is 0 Å². The van der Waals surface area contributed by atoms with Crippen LogP contribution in [-0.4, -0.2) is 28.5 Å². The van der Waals surface area contributed by atoms with Crippen LogP contribution in [0.3, 0.4) is 0 Å². The van der Waals surface area contributed by atoms with E-state index in [1.807, 2.05) is 6.07 Å². The van der Waals surface area contributed by atoms with Crippen LogP contribution in [0.4, 0.5) is 10.1 Å². The van der Waals surface area contributed by atoms with Gasteiger partial charge in [-0.3, -0.25) is 4.79 Å². The van der Waals surface area contributed by atoms with Crippen LogP contribution in [0.25, 0.3) is 0 Å². The predicted octanol–water partition coefficient (Wildman–Crippen LogP) is 1.72. The molecule has 5 nitrogen and oxygen atoms in total. The van der Waals surface area contributed by atoms with Gasteiger partial charge in [0.2, 0.25) is 5.91 Å². The van der Waals surface area contributed by atoms with E-state index in [-0.39, 0.29) is 23.1 Å². The third-order valence-corrected chi connectivity index (χ3v) is 2.68. The molecular weight excluding hydrogens is 259 g/mol. The molecule has 0 aromatic heterocycles. The third-order valence-electron chi connectivity index (χ3n) is 1.88. The van der Waals surface area contributed by atoms with Crippen LogP contribution in [0.2, 0.25) is 0 Å². The second-order valence-electron chi connectivity index (χ2n) is 3.20. The number of nitrogens with one attached hydrogen (secondary N) is 1. The fourth-order valence-electron chi connectivity index (χ4n) is 1.15. The van der Waals surface area contributed by atoms with E-state index in [2.05, 4.69) is 5.32 Å². The minimum absolute atomic E-state index is 0.0767. The molecule has 0 aliphatic rings. The van der Waals surface area contributed by atoms with Gasteiger partial charge in [0.25, 0.3) is 0 Å². The smallest absolute Gasteiger partial charge is 0.338 e. The molecule has 0 spiro atoms. The van der Waals surface area contributed by atoms with Gasteiger partial charge >= 0.3 is 5.97 Å². The molecule has 2 N–H and O–H groups in total. The molecule has 0 saturated carbocycles. The number of thioether (sulfide) groups is 1. The molecule has 0 saturated heterocycles. The van der Waals surface area contributed by atoms with Crippen molar-refractivity contribution < 1.29 is 19.1 Å². The fourth-order valence-corrected chi connectivity index (χ4v) is 1.60. The van der Waals surface area contributed by atoms with Gasteiger partial charge in [-0.1, -0.05) is 0 Å². The molecule has 1 rings (SSSR count). The minimum atomic E-state index is -1.40. The lowest BCUT2D eigenvalue weighted by Gasteiger charge is -2.05. The van der Waals surface area contributed by atoms with Crippen molar-refractivity contribution in [2.75, 3.05) is 16.8 Å². The van der Waals surface area contributed by atoms with Crippen LogP contribution < -0.4 is 5.32 Å². The van der Waals surface area contributed by atoms with Gasteiger partial charge in [-0.2, -0.15) is 5.26 Å². The summed E-state index contributed by atoms with van der Waals surface area (Å²) < 4.78 is 13.1. The summed E-state index contributed by atoms with van der Waals surface area (Å²) in [5.74, 6) is -2.37. The normalized spacial score (nSPS) is 9.56. The van der Waals surface area contributed by atoms with Crippen molar-refractivity contribution in [1.29, 1.82) is 5.26 Å². The molecule has 0 heterocycles. The SMILES string of the molecule is N#CCSCC(=O)Nc1ccc(F)c(C(=O)O)c1. The van der Waals surface area contributed by atoms with Crippen LogP contribution in [0.15, 0.2) is 18.2 Å². The number of nitrogens with zero attached hydrogens (tertiary/aromatic N) is 1.